The van der Waals surface area contributed by atoms with Crippen molar-refractivity contribution in [3.05, 3.63) is 29.8 Å². The average molecular weight is 232 g/mol. The monoisotopic (exact) mass is 232 g/mol. The first-order valence-corrected chi connectivity index (χ1v) is 6.08. The Morgan fingerprint density at radius 1 is 1.24 bits per heavy atom. The molecule has 0 bridgehead atoms. The third-order valence-electron chi connectivity index (χ3n) is 3.34. The highest BCUT2D eigenvalue weighted by Gasteiger charge is 2.29. The molecular weight excluding hydrogens is 216 g/mol. The Morgan fingerprint density at radius 2 is 2.06 bits per heavy atom. The van der Waals surface area contributed by atoms with Crippen LogP contribution in [0.2, 0.25) is 0 Å². The third-order valence-corrected chi connectivity index (χ3v) is 3.34. The van der Waals surface area contributed by atoms with Gasteiger partial charge in [0.1, 0.15) is 6.10 Å². The van der Waals surface area contributed by atoms with Crippen molar-refractivity contribution >= 4 is 11.6 Å². The number of para-hydroxylation sites is 1. The zero-order valence-corrected chi connectivity index (χ0v) is 9.61. The topological polar surface area (TPSA) is 50.4 Å². The number of hydrogen-bond acceptors (Lipinski definition) is 3. The number of carbonyl (C=O) groups is 1. The molecule has 0 saturated carbocycles. The van der Waals surface area contributed by atoms with Crippen LogP contribution in [0.25, 0.3) is 0 Å². The van der Waals surface area contributed by atoms with Crippen LogP contribution >= 0.6 is 0 Å². The van der Waals surface area contributed by atoms with Crippen molar-refractivity contribution in [3.63, 3.8) is 0 Å². The zero-order valence-electron chi connectivity index (χ0n) is 9.61. The van der Waals surface area contributed by atoms with Gasteiger partial charge in [0.25, 0.3) is 5.91 Å². The Hall–Kier alpha value is -1.39. The number of amides is 1. The minimum atomic E-state index is -0.311. The Balaban J connectivity index is 1.72. The van der Waals surface area contributed by atoms with Gasteiger partial charge in [0.15, 0.2) is 0 Å². The van der Waals surface area contributed by atoms with Crippen LogP contribution in [-0.4, -0.2) is 31.2 Å². The first-order valence-electron chi connectivity index (χ1n) is 6.08. The van der Waals surface area contributed by atoms with Gasteiger partial charge in [-0.2, -0.15) is 0 Å². The Labute approximate surface area is 100 Å². The van der Waals surface area contributed by atoms with Crippen molar-refractivity contribution in [2.75, 3.05) is 18.4 Å². The summed E-state index contributed by atoms with van der Waals surface area (Å²) in [5, 5.41) is 6.08. The summed E-state index contributed by atoms with van der Waals surface area (Å²) in [5.74, 6) is -0.0122. The molecular formula is C13H16N2O2. The van der Waals surface area contributed by atoms with Gasteiger partial charge in [0.2, 0.25) is 0 Å². The van der Waals surface area contributed by atoms with Gasteiger partial charge < -0.3 is 15.4 Å². The summed E-state index contributed by atoms with van der Waals surface area (Å²) in [6, 6.07) is 7.95. The van der Waals surface area contributed by atoms with E-state index in [2.05, 4.69) is 16.7 Å². The van der Waals surface area contributed by atoms with Gasteiger partial charge in [-0.25, -0.2) is 0 Å². The van der Waals surface area contributed by atoms with E-state index in [0.29, 0.717) is 0 Å². The van der Waals surface area contributed by atoms with E-state index in [9.17, 15) is 4.79 Å². The van der Waals surface area contributed by atoms with E-state index in [1.807, 2.05) is 18.2 Å². The summed E-state index contributed by atoms with van der Waals surface area (Å²) in [6.45, 7) is 1.72. The highest BCUT2D eigenvalue weighted by Crippen LogP contribution is 2.23. The lowest BCUT2D eigenvalue weighted by Crippen LogP contribution is -2.51. The van der Waals surface area contributed by atoms with Crippen molar-refractivity contribution < 1.29 is 9.53 Å². The molecule has 2 heterocycles. The Morgan fingerprint density at radius 3 is 2.82 bits per heavy atom. The molecule has 1 saturated heterocycles. The molecule has 1 atom stereocenters. The van der Waals surface area contributed by atoms with Crippen molar-refractivity contribution in [3.8, 4) is 0 Å². The fourth-order valence-corrected chi connectivity index (χ4v) is 2.21. The Bertz CT molecular complexity index is 429. The molecule has 0 radical (unpaired) electrons. The summed E-state index contributed by atoms with van der Waals surface area (Å²) in [7, 11) is 0. The van der Waals surface area contributed by atoms with E-state index in [0.717, 1.165) is 31.6 Å². The smallest absolute Gasteiger partial charge is 0.253 e. The predicted molar refractivity (Wildman–Crippen MR) is 64.9 cm³/mol. The van der Waals surface area contributed by atoms with Gasteiger partial charge in [0, 0.05) is 18.8 Å². The molecule has 1 unspecified atom stereocenters. The van der Waals surface area contributed by atoms with Crippen LogP contribution in [0, 0.1) is 0 Å². The minimum Gasteiger partial charge on any atom is -0.362 e. The first kappa shape index (κ1) is 10.7. The highest BCUT2D eigenvalue weighted by atomic mass is 16.5. The van der Waals surface area contributed by atoms with Gasteiger partial charge in [0.05, 0.1) is 6.10 Å². The van der Waals surface area contributed by atoms with Crippen LogP contribution in [-0.2, 0) is 16.0 Å². The minimum absolute atomic E-state index is 0.0122. The van der Waals surface area contributed by atoms with Crippen LogP contribution in [0.5, 0.6) is 0 Å². The van der Waals surface area contributed by atoms with Gasteiger partial charge in [-0.05, 0) is 24.5 Å². The highest BCUT2D eigenvalue weighted by molar-refractivity contribution is 5.95. The summed E-state index contributed by atoms with van der Waals surface area (Å²) in [4.78, 5) is 12.0. The van der Waals surface area contributed by atoms with Crippen molar-refractivity contribution in [2.45, 2.75) is 25.0 Å². The van der Waals surface area contributed by atoms with Gasteiger partial charge in [-0.3, -0.25) is 4.79 Å². The summed E-state index contributed by atoms with van der Waals surface area (Å²) >= 11 is 0. The zero-order chi connectivity index (χ0) is 11.7. The average Bonchev–Trinajstić information content (AvgIpc) is 2.43. The lowest BCUT2D eigenvalue weighted by atomic mass is 10.1. The number of ether oxygens (including phenoxy) is 1. The van der Waals surface area contributed by atoms with Crippen LogP contribution in [0.15, 0.2) is 24.3 Å². The second-order valence-corrected chi connectivity index (χ2v) is 4.59. The molecule has 0 aliphatic carbocycles. The molecule has 1 amide bonds. The molecule has 1 aromatic carbocycles. The molecule has 2 N–H and O–H groups in total. The van der Waals surface area contributed by atoms with E-state index in [1.165, 1.54) is 5.56 Å². The van der Waals surface area contributed by atoms with Crippen molar-refractivity contribution in [2.24, 2.45) is 0 Å². The molecule has 2 aliphatic heterocycles. The fourth-order valence-electron chi connectivity index (χ4n) is 2.21. The number of rotatable bonds is 2. The van der Waals surface area contributed by atoms with Crippen LogP contribution < -0.4 is 10.6 Å². The normalized spacial score (nSPS) is 24.5. The molecule has 1 aromatic rings. The quantitative estimate of drug-likeness (QED) is 0.797. The van der Waals surface area contributed by atoms with Gasteiger partial charge in [-0.15, -0.1) is 0 Å². The van der Waals surface area contributed by atoms with Crippen molar-refractivity contribution in [1.29, 1.82) is 0 Å². The number of carbonyl (C=O) groups excluding carboxylic acids is 1. The summed E-state index contributed by atoms with van der Waals surface area (Å²) in [5.41, 5.74) is 2.12. The van der Waals surface area contributed by atoms with Gasteiger partial charge >= 0.3 is 0 Å². The maximum atomic E-state index is 12.0. The van der Waals surface area contributed by atoms with E-state index < -0.39 is 0 Å². The second-order valence-electron chi connectivity index (χ2n) is 4.59. The largest absolute Gasteiger partial charge is 0.362 e. The number of fused-ring (bicyclic) bond motifs is 1. The van der Waals surface area contributed by atoms with E-state index in [1.54, 1.807) is 0 Å². The number of aryl methyl sites for hydroxylation is 1. The molecule has 0 aromatic heterocycles. The number of benzene rings is 1. The van der Waals surface area contributed by atoms with Crippen molar-refractivity contribution in [1.82, 2.24) is 5.32 Å². The Kier molecular flexibility index (Phi) is 2.82. The number of anilines is 1. The lowest BCUT2D eigenvalue weighted by Gasteiger charge is -2.30. The molecule has 3 rings (SSSR count). The number of nitrogens with one attached hydrogen (secondary N) is 2. The predicted octanol–water partition coefficient (Wildman–Crippen LogP) is 0.928. The van der Waals surface area contributed by atoms with E-state index >= 15 is 0 Å². The fraction of sp³-hybridized carbons (Fsp3) is 0.462. The van der Waals surface area contributed by atoms with Crippen LogP contribution in [0.3, 0.4) is 0 Å². The molecule has 1 fully saturated rings. The molecule has 4 heteroatoms. The first-order chi connectivity index (χ1) is 8.33. The van der Waals surface area contributed by atoms with E-state index in [4.69, 9.17) is 4.74 Å². The van der Waals surface area contributed by atoms with E-state index in [-0.39, 0.29) is 18.1 Å². The SMILES string of the molecule is O=C1Nc2ccccc2CCC1OC1CNC1. The molecule has 17 heavy (non-hydrogen) atoms. The molecule has 2 aliphatic rings. The molecule has 0 spiro atoms. The molecule has 90 valence electrons. The second kappa shape index (κ2) is 4.47. The third kappa shape index (κ3) is 2.18. The lowest BCUT2D eigenvalue weighted by molar-refractivity contribution is -0.133. The number of hydrogen-bond donors (Lipinski definition) is 2. The summed E-state index contributed by atoms with van der Waals surface area (Å²) in [6.07, 6.45) is 1.54. The standard InChI is InChI=1S/C13H16N2O2/c16-13-12(17-10-7-14-8-10)6-5-9-3-1-2-4-11(9)15-13/h1-4,10,12,14H,5-8H2,(H,15,16). The summed E-state index contributed by atoms with van der Waals surface area (Å²) < 4.78 is 5.78. The van der Waals surface area contributed by atoms with Crippen LogP contribution in [0.4, 0.5) is 5.69 Å². The van der Waals surface area contributed by atoms with Crippen LogP contribution in [0.1, 0.15) is 12.0 Å². The molecule has 4 nitrogen and oxygen atoms in total. The maximum absolute atomic E-state index is 12.0. The van der Waals surface area contributed by atoms with Gasteiger partial charge in [-0.1, -0.05) is 18.2 Å². The maximum Gasteiger partial charge on any atom is 0.253 e.